The molecule has 4 heteroatoms. The van der Waals surface area contributed by atoms with Gasteiger partial charge < -0.3 is 9.16 Å². The maximum Gasteiger partial charge on any atom is 0.310 e. The van der Waals surface area contributed by atoms with Gasteiger partial charge in [-0.1, -0.05) is 51.1 Å². The van der Waals surface area contributed by atoms with E-state index in [-0.39, 0.29) is 11.0 Å². The van der Waals surface area contributed by atoms with Crippen LogP contribution in [-0.2, 0) is 20.4 Å². The van der Waals surface area contributed by atoms with Crippen molar-refractivity contribution in [3.63, 3.8) is 0 Å². The third-order valence-corrected chi connectivity index (χ3v) is 8.34. The molecule has 1 aromatic rings. The van der Waals surface area contributed by atoms with Gasteiger partial charge >= 0.3 is 5.97 Å². The van der Waals surface area contributed by atoms with Gasteiger partial charge in [0.2, 0.25) is 0 Å². The van der Waals surface area contributed by atoms with Gasteiger partial charge in [-0.25, -0.2) is 0 Å². The Morgan fingerprint density at radius 1 is 1.10 bits per heavy atom. The number of esters is 1. The highest BCUT2D eigenvalue weighted by molar-refractivity contribution is 6.74. The molecule has 0 fully saturated rings. The predicted molar refractivity (Wildman–Crippen MR) is 84.3 cm³/mol. The zero-order valence-electron chi connectivity index (χ0n) is 13.2. The summed E-state index contributed by atoms with van der Waals surface area (Å²) in [6, 6.07) is 9.62. The topological polar surface area (TPSA) is 35.5 Å². The molecule has 1 rings (SSSR count). The van der Waals surface area contributed by atoms with Crippen molar-refractivity contribution in [2.75, 3.05) is 13.2 Å². The van der Waals surface area contributed by atoms with Gasteiger partial charge in [-0.2, -0.15) is 0 Å². The van der Waals surface area contributed by atoms with E-state index >= 15 is 0 Å². The molecular weight excluding hydrogens is 268 g/mol. The van der Waals surface area contributed by atoms with Crippen molar-refractivity contribution in [2.24, 2.45) is 0 Å². The first-order chi connectivity index (χ1) is 9.22. The summed E-state index contributed by atoms with van der Waals surface area (Å²) in [6.45, 7) is 11.8. The molecule has 0 radical (unpaired) electrons. The van der Waals surface area contributed by atoms with Crippen LogP contribution in [0.4, 0.5) is 0 Å². The maximum atomic E-state index is 11.7. The van der Waals surface area contributed by atoms with Crippen LogP contribution in [0.5, 0.6) is 0 Å². The lowest BCUT2D eigenvalue weighted by atomic mass is 10.2. The van der Waals surface area contributed by atoms with Gasteiger partial charge in [0, 0.05) is 0 Å². The Balaban J connectivity index is 2.26. The van der Waals surface area contributed by atoms with E-state index in [1.165, 1.54) is 0 Å². The molecule has 0 aromatic heterocycles. The molecule has 0 bridgehead atoms. The smallest absolute Gasteiger partial charge is 0.310 e. The predicted octanol–water partition coefficient (Wildman–Crippen LogP) is 3.79. The average molecular weight is 294 g/mol. The number of hydrogen-bond acceptors (Lipinski definition) is 3. The van der Waals surface area contributed by atoms with Crippen LogP contribution in [-0.4, -0.2) is 27.5 Å². The highest BCUT2D eigenvalue weighted by Crippen LogP contribution is 2.36. The second kappa shape index (κ2) is 7.04. The SMILES string of the molecule is CC(C)(C)[Si](C)(C)OCCOC(=O)Cc1ccccc1. The standard InChI is InChI=1S/C16H26O3Si/c1-16(2,3)20(4,5)19-12-11-18-15(17)13-14-9-7-6-8-10-14/h6-10H,11-13H2,1-5H3. The third-order valence-electron chi connectivity index (χ3n) is 3.81. The van der Waals surface area contributed by atoms with Crippen molar-refractivity contribution in [1.29, 1.82) is 0 Å². The van der Waals surface area contributed by atoms with E-state index in [1.807, 2.05) is 30.3 Å². The lowest BCUT2D eigenvalue weighted by Crippen LogP contribution is -2.41. The van der Waals surface area contributed by atoms with Gasteiger partial charge in [-0.15, -0.1) is 0 Å². The quantitative estimate of drug-likeness (QED) is 0.455. The molecule has 1 aromatic carbocycles. The number of benzene rings is 1. The largest absolute Gasteiger partial charge is 0.463 e. The van der Waals surface area contributed by atoms with Gasteiger partial charge in [0.1, 0.15) is 6.61 Å². The minimum atomic E-state index is -1.74. The van der Waals surface area contributed by atoms with E-state index in [0.29, 0.717) is 19.6 Å². The minimum Gasteiger partial charge on any atom is -0.463 e. The third kappa shape index (κ3) is 5.47. The molecule has 0 N–H and O–H groups in total. The summed E-state index contributed by atoms with van der Waals surface area (Å²) in [7, 11) is -1.74. The summed E-state index contributed by atoms with van der Waals surface area (Å²) >= 11 is 0. The van der Waals surface area contributed by atoms with E-state index in [4.69, 9.17) is 9.16 Å². The van der Waals surface area contributed by atoms with E-state index < -0.39 is 8.32 Å². The Labute approximate surface area is 123 Å². The number of rotatable bonds is 6. The Morgan fingerprint density at radius 3 is 2.25 bits per heavy atom. The van der Waals surface area contributed by atoms with Crippen molar-refractivity contribution in [3.8, 4) is 0 Å². The maximum absolute atomic E-state index is 11.7. The van der Waals surface area contributed by atoms with Crippen LogP contribution in [0.2, 0.25) is 18.1 Å². The normalized spacial score (nSPS) is 12.2. The Hall–Kier alpha value is -1.13. The lowest BCUT2D eigenvalue weighted by Gasteiger charge is -2.36. The highest BCUT2D eigenvalue weighted by Gasteiger charge is 2.36. The molecule has 0 unspecified atom stereocenters. The summed E-state index contributed by atoms with van der Waals surface area (Å²) in [5, 5.41) is 0.182. The molecule has 0 aliphatic heterocycles. The van der Waals surface area contributed by atoms with Gasteiger partial charge in [0.25, 0.3) is 0 Å². The molecule has 3 nitrogen and oxygen atoms in total. The van der Waals surface area contributed by atoms with E-state index in [0.717, 1.165) is 5.56 Å². The summed E-state index contributed by atoms with van der Waals surface area (Å²) in [5.74, 6) is -0.199. The summed E-state index contributed by atoms with van der Waals surface area (Å²) in [4.78, 5) is 11.7. The average Bonchev–Trinajstić information content (AvgIpc) is 2.34. The first-order valence-corrected chi connectivity index (χ1v) is 9.97. The van der Waals surface area contributed by atoms with Crippen molar-refractivity contribution in [1.82, 2.24) is 0 Å². The molecule has 0 aliphatic rings. The van der Waals surface area contributed by atoms with Crippen LogP contribution in [0.1, 0.15) is 26.3 Å². The summed E-state index contributed by atoms with van der Waals surface area (Å²) in [5.41, 5.74) is 0.975. The Morgan fingerprint density at radius 2 is 1.70 bits per heavy atom. The zero-order chi connectivity index (χ0) is 15.2. The second-order valence-electron chi connectivity index (χ2n) is 6.49. The van der Waals surface area contributed by atoms with E-state index in [9.17, 15) is 4.79 Å². The zero-order valence-corrected chi connectivity index (χ0v) is 14.2. The van der Waals surface area contributed by atoms with Crippen molar-refractivity contribution >= 4 is 14.3 Å². The van der Waals surface area contributed by atoms with Crippen molar-refractivity contribution in [3.05, 3.63) is 35.9 Å². The fourth-order valence-corrected chi connectivity index (χ4v) is 2.51. The fraction of sp³-hybridized carbons (Fsp3) is 0.562. The molecular formula is C16H26O3Si. The number of carbonyl (C=O) groups excluding carboxylic acids is 1. The van der Waals surface area contributed by atoms with Crippen molar-refractivity contribution < 1.29 is 14.0 Å². The van der Waals surface area contributed by atoms with Crippen LogP contribution < -0.4 is 0 Å². The molecule has 0 heterocycles. The van der Waals surface area contributed by atoms with Gasteiger partial charge in [-0.3, -0.25) is 4.79 Å². The van der Waals surface area contributed by atoms with Gasteiger partial charge in [0.05, 0.1) is 13.0 Å². The van der Waals surface area contributed by atoms with Crippen LogP contribution in [0.3, 0.4) is 0 Å². The number of carbonyl (C=O) groups is 1. The van der Waals surface area contributed by atoms with Crippen LogP contribution in [0.15, 0.2) is 30.3 Å². The van der Waals surface area contributed by atoms with Gasteiger partial charge in [-0.05, 0) is 23.7 Å². The molecule has 0 saturated carbocycles. The summed E-state index contributed by atoms with van der Waals surface area (Å²) < 4.78 is 11.2. The molecule has 0 amide bonds. The first-order valence-electron chi connectivity index (χ1n) is 7.06. The molecule has 0 aliphatic carbocycles. The summed E-state index contributed by atoms with van der Waals surface area (Å²) in [6.07, 6.45) is 0.320. The molecule has 0 atom stereocenters. The lowest BCUT2D eigenvalue weighted by molar-refractivity contribution is -0.143. The number of hydrogen-bond donors (Lipinski definition) is 0. The molecule has 112 valence electrons. The van der Waals surface area contributed by atoms with E-state index in [2.05, 4.69) is 33.9 Å². The molecule has 20 heavy (non-hydrogen) atoms. The van der Waals surface area contributed by atoms with Crippen LogP contribution >= 0.6 is 0 Å². The molecule has 0 spiro atoms. The van der Waals surface area contributed by atoms with Crippen LogP contribution in [0.25, 0.3) is 0 Å². The Bertz CT molecular complexity index is 421. The minimum absolute atomic E-state index is 0.182. The monoisotopic (exact) mass is 294 g/mol. The molecule has 0 saturated heterocycles. The second-order valence-corrected chi connectivity index (χ2v) is 11.3. The van der Waals surface area contributed by atoms with Crippen molar-refractivity contribution in [2.45, 2.75) is 45.3 Å². The fourth-order valence-electron chi connectivity index (χ4n) is 1.48. The van der Waals surface area contributed by atoms with E-state index in [1.54, 1.807) is 0 Å². The van der Waals surface area contributed by atoms with Gasteiger partial charge in [0.15, 0.2) is 8.32 Å². The highest BCUT2D eigenvalue weighted by atomic mass is 28.4. The first kappa shape index (κ1) is 16.9. The van der Waals surface area contributed by atoms with Crippen LogP contribution in [0, 0.1) is 0 Å². The Kier molecular flexibility index (Phi) is 5.96. The number of ether oxygens (including phenoxy) is 1.